The van der Waals surface area contributed by atoms with Crippen LogP contribution in [0.3, 0.4) is 0 Å². The van der Waals surface area contributed by atoms with E-state index in [2.05, 4.69) is 18.0 Å². The molecule has 0 aromatic carbocycles. The van der Waals surface area contributed by atoms with Crippen LogP contribution in [-0.4, -0.2) is 86.0 Å². The molecule has 1 aromatic heterocycles. The third-order valence-electron chi connectivity index (χ3n) is 6.11. The maximum atomic E-state index is 13.0. The summed E-state index contributed by atoms with van der Waals surface area (Å²) in [7, 11) is 2.09. The highest BCUT2D eigenvalue weighted by molar-refractivity contribution is 7.14. The van der Waals surface area contributed by atoms with Crippen LogP contribution in [0.15, 0.2) is 6.07 Å². The van der Waals surface area contributed by atoms with Crippen molar-refractivity contribution in [1.29, 1.82) is 0 Å². The van der Waals surface area contributed by atoms with Gasteiger partial charge in [-0.25, -0.2) is 0 Å². The van der Waals surface area contributed by atoms with Gasteiger partial charge in [-0.1, -0.05) is 0 Å². The van der Waals surface area contributed by atoms with Gasteiger partial charge in [0.05, 0.1) is 23.6 Å². The third kappa shape index (κ3) is 4.73. The minimum absolute atomic E-state index is 0. The molecule has 7 nitrogen and oxygen atoms in total. The number of nitrogens with zero attached hydrogens (tertiary/aromatic N) is 3. The first-order valence-corrected chi connectivity index (χ1v) is 10.6. The Kier molecular flexibility index (Phi) is 8.35. The molecule has 1 aromatic rings. The lowest BCUT2D eigenvalue weighted by Gasteiger charge is -2.44. The van der Waals surface area contributed by atoms with Crippen molar-refractivity contribution < 1.29 is 14.3 Å². The van der Waals surface area contributed by atoms with E-state index in [1.54, 1.807) is 11.3 Å². The van der Waals surface area contributed by atoms with Crippen LogP contribution in [0.1, 0.15) is 33.0 Å². The number of piperidine rings is 1. The maximum Gasteiger partial charge on any atom is 0.264 e. The maximum absolute atomic E-state index is 13.0. The molecule has 0 saturated carbocycles. The van der Waals surface area contributed by atoms with Crippen molar-refractivity contribution in [2.75, 3.05) is 59.5 Å². The summed E-state index contributed by atoms with van der Waals surface area (Å²) in [6.45, 7) is 5.48. The first-order valence-electron chi connectivity index (χ1n) is 9.75. The molecule has 2 amide bonds. The summed E-state index contributed by atoms with van der Waals surface area (Å²) in [6, 6.07) is 2.07. The van der Waals surface area contributed by atoms with E-state index in [9.17, 15) is 9.59 Å². The number of carbonyl (C=O) groups is 2. The largest absolute Gasteiger partial charge is 0.370 e. The summed E-state index contributed by atoms with van der Waals surface area (Å²) < 4.78 is 6.25. The molecule has 0 unspecified atom stereocenters. The first-order chi connectivity index (χ1) is 13.0. The Morgan fingerprint density at radius 1 is 1.10 bits per heavy atom. The number of halogens is 2. The smallest absolute Gasteiger partial charge is 0.264 e. The fourth-order valence-electron chi connectivity index (χ4n) is 4.35. The monoisotopic (exact) mass is 464 g/mol. The van der Waals surface area contributed by atoms with Crippen LogP contribution >= 0.6 is 36.2 Å². The van der Waals surface area contributed by atoms with Gasteiger partial charge in [-0.15, -0.1) is 36.2 Å². The molecule has 2 saturated heterocycles. The first kappa shape index (κ1) is 24.4. The highest BCUT2D eigenvalue weighted by Crippen LogP contribution is 2.44. The average Bonchev–Trinajstić information content (AvgIpc) is 3.14. The number of rotatable bonds is 2. The Labute approximate surface area is 188 Å². The van der Waals surface area contributed by atoms with Crippen LogP contribution in [0.4, 0.5) is 0 Å². The number of likely N-dealkylation sites (tertiary alicyclic amines) is 1. The molecule has 0 aliphatic carbocycles. The fraction of sp³-hybridized carbons (Fsp3) is 0.684. The number of thiophene rings is 1. The molecule has 164 valence electrons. The molecule has 2 fully saturated rings. The number of fused-ring (bicyclic) bond motifs is 2. The SMILES string of the molecule is CN1CCN(C(=O)c2cc3c(s2)CCOC32CCN(C(=O)CN)CC2)CC1.Cl.Cl. The second-order valence-corrected chi connectivity index (χ2v) is 8.86. The quantitative estimate of drug-likeness (QED) is 0.713. The number of piperazine rings is 1. The zero-order valence-corrected chi connectivity index (χ0v) is 19.2. The van der Waals surface area contributed by atoms with Gasteiger partial charge >= 0.3 is 0 Å². The Hall–Kier alpha value is -0.900. The zero-order chi connectivity index (χ0) is 19.0. The molecule has 4 rings (SSSR count). The lowest BCUT2D eigenvalue weighted by atomic mass is 9.82. The molecular formula is C19H30Cl2N4O3S. The molecule has 3 aliphatic rings. The molecule has 2 N–H and O–H groups in total. The van der Waals surface area contributed by atoms with E-state index in [0.717, 1.165) is 50.3 Å². The van der Waals surface area contributed by atoms with Gasteiger partial charge in [0.25, 0.3) is 5.91 Å². The van der Waals surface area contributed by atoms with Crippen LogP contribution in [0, 0.1) is 0 Å². The number of hydrogen-bond acceptors (Lipinski definition) is 6. The van der Waals surface area contributed by atoms with Crippen LogP contribution in [0.5, 0.6) is 0 Å². The van der Waals surface area contributed by atoms with E-state index in [1.807, 2.05) is 9.80 Å². The van der Waals surface area contributed by atoms with Crippen molar-refractivity contribution in [1.82, 2.24) is 14.7 Å². The number of likely N-dealkylation sites (N-methyl/N-ethyl adjacent to an activating group) is 1. The van der Waals surface area contributed by atoms with Gasteiger partial charge in [-0.3, -0.25) is 9.59 Å². The highest BCUT2D eigenvalue weighted by atomic mass is 35.5. The summed E-state index contributed by atoms with van der Waals surface area (Å²) in [6.07, 6.45) is 2.40. The molecule has 0 radical (unpaired) electrons. The summed E-state index contributed by atoms with van der Waals surface area (Å²) in [4.78, 5) is 33.0. The van der Waals surface area contributed by atoms with E-state index in [0.29, 0.717) is 19.7 Å². The molecule has 10 heteroatoms. The van der Waals surface area contributed by atoms with Crippen LogP contribution in [-0.2, 0) is 21.6 Å². The zero-order valence-electron chi connectivity index (χ0n) is 16.7. The van der Waals surface area contributed by atoms with E-state index in [1.165, 1.54) is 10.4 Å². The van der Waals surface area contributed by atoms with Crippen LogP contribution < -0.4 is 5.73 Å². The van der Waals surface area contributed by atoms with Gasteiger partial charge in [0, 0.05) is 50.6 Å². The van der Waals surface area contributed by atoms with Crippen molar-refractivity contribution in [2.24, 2.45) is 5.73 Å². The standard InChI is InChI=1S/C19H28N4O3S.2ClH/c1-21-7-9-23(10-8-21)18(25)16-12-14-15(27-16)2-11-26-19(14)3-5-22(6-4-19)17(24)13-20;;/h12H,2-11,13,20H2,1H3;2*1H. The van der Waals surface area contributed by atoms with Gasteiger partial charge < -0.3 is 25.2 Å². The van der Waals surface area contributed by atoms with Gasteiger partial charge in [0.15, 0.2) is 0 Å². The van der Waals surface area contributed by atoms with E-state index >= 15 is 0 Å². The Balaban J connectivity index is 0.00000150. The molecule has 0 bridgehead atoms. The van der Waals surface area contributed by atoms with Crippen molar-refractivity contribution in [2.45, 2.75) is 24.9 Å². The number of ether oxygens (including phenoxy) is 1. The van der Waals surface area contributed by atoms with Crippen molar-refractivity contribution in [3.8, 4) is 0 Å². The predicted molar refractivity (Wildman–Crippen MR) is 118 cm³/mol. The molecule has 4 heterocycles. The summed E-state index contributed by atoms with van der Waals surface area (Å²) in [5, 5.41) is 0. The molecule has 0 atom stereocenters. The molecule has 3 aliphatic heterocycles. The van der Waals surface area contributed by atoms with Crippen molar-refractivity contribution >= 4 is 48.0 Å². The topological polar surface area (TPSA) is 79.1 Å². The number of carbonyl (C=O) groups excluding carboxylic acids is 2. The highest BCUT2D eigenvalue weighted by Gasteiger charge is 2.43. The Morgan fingerprint density at radius 2 is 1.76 bits per heavy atom. The van der Waals surface area contributed by atoms with Gasteiger partial charge in [0.1, 0.15) is 0 Å². The number of hydrogen-bond donors (Lipinski definition) is 1. The van der Waals surface area contributed by atoms with Gasteiger partial charge in [-0.05, 0) is 31.5 Å². The number of amides is 2. The second-order valence-electron chi connectivity index (χ2n) is 7.72. The predicted octanol–water partition coefficient (Wildman–Crippen LogP) is 1.33. The fourth-order valence-corrected chi connectivity index (χ4v) is 5.55. The summed E-state index contributed by atoms with van der Waals surface area (Å²) >= 11 is 1.63. The minimum Gasteiger partial charge on any atom is -0.370 e. The molecule has 29 heavy (non-hydrogen) atoms. The Bertz CT molecular complexity index is 729. The Morgan fingerprint density at radius 3 is 2.38 bits per heavy atom. The van der Waals surface area contributed by atoms with E-state index in [4.69, 9.17) is 10.5 Å². The van der Waals surface area contributed by atoms with Crippen LogP contribution in [0.25, 0.3) is 0 Å². The molecule has 1 spiro atoms. The van der Waals surface area contributed by atoms with Crippen molar-refractivity contribution in [3.05, 3.63) is 21.4 Å². The molecular weight excluding hydrogens is 435 g/mol. The lowest BCUT2D eigenvalue weighted by molar-refractivity contribution is -0.139. The second kappa shape index (κ2) is 9.94. The van der Waals surface area contributed by atoms with E-state index < -0.39 is 0 Å². The summed E-state index contributed by atoms with van der Waals surface area (Å²) in [5.41, 5.74) is 6.33. The lowest BCUT2D eigenvalue weighted by Crippen LogP contribution is -2.49. The third-order valence-corrected chi connectivity index (χ3v) is 7.29. The normalized spacial score (nSPS) is 21.2. The number of nitrogens with two attached hydrogens (primary N) is 1. The van der Waals surface area contributed by atoms with E-state index in [-0.39, 0.29) is 48.8 Å². The summed E-state index contributed by atoms with van der Waals surface area (Å²) in [5.74, 6) is 0.144. The minimum atomic E-state index is -0.351. The average molecular weight is 465 g/mol. The van der Waals surface area contributed by atoms with Gasteiger partial charge in [-0.2, -0.15) is 0 Å². The van der Waals surface area contributed by atoms with Gasteiger partial charge in [0.2, 0.25) is 5.91 Å². The van der Waals surface area contributed by atoms with Crippen molar-refractivity contribution in [3.63, 3.8) is 0 Å². The van der Waals surface area contributed by atoms with Crippen LogP contribution in [0.2, 0.25) is 0 Å².